The van der Waals surface area contributed by atoms with Crippen LogP contribution < -0.4 is 14.8 Å². The summed E-state index contributed by atoms with van der Waals surface area (Å²) in [7, 11) is 1.49. The van der Waals surface area contributed by atoms with Crippen LogP contribution in [0.25, 0.3) is 0 Å². The normalized spacial score (nSPS) is 11.0. The van der Waals surface area contributed by atoms with Crippen LogP contribution in [0.3, 0.4) is 0 Å². The smallest absolute Gasteiger partial charge is 0.418 e. The molecule has 4 nitrogen and oxygen atoms in total. The number of halogens is 3. The molecule has 2 aromatic carbocycles. The topological polar surface area (TPSA) is 47.6 Å². The highest BCUT2D eigenvalue weighted by atomic mass is 19.4. The number of amides is 1. The number of ether oxygens (including phenoxy) is 2. The first kappa shape index (κ1) is 17.7. The van der Waals surface area contributed by atoms with Crippen molar-refractivity contribution in [3.05, 3.63) is 54.1 Å². The fourth-order valence-corrected chi connectivity index (χ4v) is 2.04. The van der Waals surface area contributed by atoms with E-state index in [0.29, 0.717) is 11.5 Å². The number of rotatable bonds is 6. The Morgan fingerprint density at radius 1 is 1.04 bits per heavy atom. The summed E-state index contributed by atoms with van der Waals surface area (Å²) < 4.78 is 49.1. The van der Waals surface area contributed by atoms with Crippen LogP contribution in [-0.4, -0.2) is 19.6 Å². The molecule has 0 spiro atoms. The van der Waals surface area contributed by atoms with E-state index in [1.54, 1.807) is 24.3 Å². The van der Waals surface area contributed by atoms with E-state index in [1.807, 2.05) is 0 Å². The summed E-state index contributed by atoms with van der Waals surface area (Å²) in [5, 5.41) is 2.26. The number of hydrogen-bond donors (Lipinski definition) is 1. The molecule has 0 atom stereocenters. The van der Waals surface area contributed by atoms with Gasteiger partial charge in [-0.2, -0.15) is 13.2 Å². The number of carbonyl (C=O) groups is 1. The summed E-state index contributed by atoms with van der Waals surface area (Å²) in [6, 6.07) is 11.7. The Morgan fingerprint density at radius 3 is 2.33 bits per heavy atom. The van der Waals surface area contributed by atoms with Crippen LogP contribution in [0.1, 0.15) is 12.0 Å². The fourth-order valence-electron chi connectivity index (χ4n) is 2.04. The Morgan fingerprint density at radius 2 is 1.67 bits per heavy atom. The monoisotopic (exact) mass is 339 g/mol. The molecule has 0 unspecified atom stereocenters. The van der Waals surface area contributed by atoms with Crippen LogP contribution in [-0.2, 0) is 11.0 Å². The molecular weight excluding hydrogens is 323 g/mol. The van der Waals surface area contributed by atoms with Gasteiger partial charge in [-0.1, -0.05) is 24.3 Å². The van der Waals surface area contributed by atoms with Gasteiger partial charge in [0, 0.05) is 0 Å². The summed E-state index contributed by atoms with van der Waals surface area (Å²) >= 11 is 0. The van der Waals surface area contributed by atoms with Crippen LogP contribution in [0.15, 0.2) is 48.5 Å². The minimum absolute atomic E-state index is 0.0143. The molecule has 2 rings (SSSR count). The fraction of sp³-hybridized carbons (Fsp3) is 0.235. The molecule has 0 heterocycles. The Kier molecular flexibility index (Phi) is 5.68. The second kappa shape index (κ2) is 7.72. The zero-order valence-corrected chi connectivity index (χ0v) is 12.9. The van der Waals surface area contributed by atoms with Gasteiger partial charge in [0.1, 0.15) is 0 Å². The molecular formula is C17H16F3NO3. The quantitative estimate of drug-likeness (QED) is 0.861. The zero-order valence-electron chi connectivity index (χ0n) is 12.9. The van der Waals surface area contributed by atoms with Gasteiger partial charge < -0.3 is 14.8 Å². The number of anilines is 1. The number of para-hydroxylation sites is 3. The molecule has 0 aliphatic rings. The highest BCUT2D eigenvalue weighted by Crippen LogP contribution is 2.34. The van der Waals surface area contributed by atoms with Gasteiger partial charge >= 0.3 is 6.18 Å². The third-order valence-corrected chi connectivity index (χ3v) is 3.16. The van der Waals surface area contributed by atoms with E-state index in [9.17, 15) is 18.0 Å². The molecule has 128 valence electrons. The van der Waals surface area contributed by atoms with E-state index in [2.05, 4.69) is 5.32 Å². The minimum Gasteiger partial charge on any atom is -0.493 e. The summed E-state index contributed by atoms with van der Waals surface area (Å²) in [5.74, 6) is 0.408. The molecule has 7 heteroatoms. The van der Waals surface area contributed by atoms with Gasteiger partial charge in [0.05, 0.1) is 31.4 Å². The molecule has 0 radical (unpaired) electrons. The van der Waals surface area contributed by atoms with Gasteiger partial charge in [-0.3, -0.25) is 4.79 Å². The van der Waals surface area contributed by atoms with Crippen molar-refractivity contribution in [2.75, 3.05) is 19.0 Å². The van der Waals surface area contributed by atoms with Crippen molar-refractivity contribution in [3.8, 4) is 11.5 Å². The van der Waals surface area contributed by atoms with Gasteiger partial charge in [-0.25, -0.2) is 0 Å². The third-order valence-electron chi connectivity index (χ3n) is 3.16. The van der Waals surface area contributed by atoms with Gasteiger partial charge in [-0.05, 0) is 24.3 Å². The lowest BCUT2D eigenvalue weighted by Gasteiger charge is -2.14. The average molecular weight is 339 g/mol. The lowest BCUT2D eigenvalue weighted by molar-refractivity contribution is -0.137. The molecule has 1 amide bonds. The summed E-state index contributed by atoms with van der Waals surface area (Å²) in [6.45, 7) is 0.0143. The third kappa shape index (κ3) is 4.65. The molecule has 2 aromatic rings. The number of methoxy groups -OCH3 is 1. The average Bonchev–Trinajstić information content (AvgIpc) is 2.55. The lowest BCUT2D eigenvalue weighted by Crippen LogP contribution is -2.18. The Hall–Kier alpha value is -2.70. The second-order valence-electron chi connectivity index (χ2n) is 4.84. The second-order valence-corrected chi connectivity index (χ2v) is 4.84. The molecule has 0 fully saturated rings. The predicted molar refractivity (Wildman–Crippen MR) is 83.2 cm³/mol. The Bertz CT molecular complexity index is 701. The molecule has 0 saturated heterocycles. The molecule has 1 N–H and O–H groups in total. The maximum absolute atomic E-state index is 12.9. The first-order chi connectivity index (χ1) is 11.4. The molecule has 0 aliphatic heterocycles. The molecule has 0 saturated carbocycles. The zero-order chi connectivity index (χ0) is 17.6. The van der Waals surface area contributed by atoms with Crippen LogP contribution in [0.4, 0.5) is 18.9 Å². The van der Waals surface area contributed by atoms with Crippen molar-refractivity contribution in [3.63, 3.8) is 0 Å². The predicted octanol–water partition coefficient (Wildman–Crippen LogP) is 4.12. The number of hydrogen-bond acceptors (Lipinski definition) is 3. The Balaban J connectivity index is 1.93. The Labute approximate surface area is 137 Å². The van der Waals surface area contributed by atoms with E-state index < -0.39 is 17.6 Å². The standard InChI is InChI=1S/C17H16F3NO3/c1-23-14-8-4-5-9-15(14)24-11-10-16(22)21-13-7-3-2-6-12(13)17(18,19)20/h2-9H,10-11H2,1H3,(H,21,22). The first-order valence-electron chi connectivity index (χ1n) is 7.13. The SMILES string of the molecule is COc1ccccc1OCCC(=O)Nc1ccccc1C(F)(F)F. The maximum atomic E-state index is 12.9. The van der Waals surface area contributed by atoms with Gasteiger partial charge in [-0.15, -0.1) is 0 Å². The number of alkyl halides is 3. The highest BCUT2D eigenvalue weighted by Gasteiger charge is 2.33. The van der Waals surface area contributed by atoms with Gasteiger partial charge in [0.2, 0.25) is 5.91 Å². The summed E-state index contributed by atoms with van der Waals surface area (Å²) in [6.07, 6.45) is -4.62. The largest absolute Gasteiger partial charge is 0.493 e. The van der Waals surface area contributed by atoms with Crippen molar-refractivity contribution in [1.82, 2.24) is 0 Å². The van der Waals surface area contributed by atoms with Crippen molar-refractivity contribution < 1.29 is 27.4 Å². The number of nitrogens with one attached hydrogen (secondary N) is 1. The van der Waals surface area contributed by atoms with Gasteiger partial charge in [0.25, 0.3) is 0 Å². The van der Waals surface area contributed by atoms with E-state index in [4.69, 9.17) is 9.47 Å². The lowest BCUT2D eigenvalue weighted by atomic mass is 10.1. The van der Waals surface area contributed by atoms with E-state index in [1.165, 1.54) is 25.3 Å². The molecule has 24 heavy (non-hydrogen) atoms. The van der Waals surface area contributed by atoms with Gasteiger partial charge in [0.15, 0.2) is 11.5 Å². The maximum Gasteiger partial charge on any atom is 0.418 e. The van der Waals surface area contributed by atoms with Crippen molar-refractivity contribution in [1.29, 1.82) is 0 Å². The summed E-state index contributed by atoms with van der Waals surface area (Å²) in [5.41, 5.74) is -1.16. The van der Waals surface area contributed by atoms with Crippen LogP contribution in [0.5, 0.6) is 11.5 Å². The van der Waals surface area contributed by atoms with Crippen molar-refractivity contribution in [2.45, 2.75) is 12.6 Å². The molecule has 0 aliphatic carbocycles. The highest BCUT2D eigenvalue weighted by molar-refractivity contribution is 5.91. The molecule has 0 aromatic heterocycles. The first-order valence-corrected chi connectivity index (χ1v) is 7.13. The van der Waals surface area contributed by atoms with E-state index in [-0.39, 0.29) is 18.7 Å². The summed E-state index contributed by atoms with van der Waals surface area (Å²) in [4.78, 5) is 11.8. The number of carbonyl (C=O) groups excluding carboxylic acids is 1. The molecule has 0 bridgehead atoms. The van der Waals surface area contributed by atoms with Crippen molar-refractivity contribution >= 4 is 11.6 Å². The van der Waals surface area contributed by atoms with Crippen LogP contribution >= 0.6 is 0 Å². The van der Waals surface area contributed by atoms with Crippen LogP contribution in [0, 0.1) is 0 Å². The number of benzene rings is 2. The van der Waals surface area contributed by atoms with E-state index in [0.717, 1.165) is 6.07 Å². The van der Waals surface area contributed by atoms with E-state index >= 15 is 0 Å². The van der Waals surface area contributed by atoms with Crippen molar-refractivity contribution in [2.24, 2.45) is 0 Å². The van der Waals surface area contributed by atoms with Crippen LogP contribution in [0.2, 0.25) is 0 Å². The minimum atomic E-state index is -4.53.